The monoisotopic (exact) mass is 581 g/mol. The van der Waals surface area contributed by atoms with Gasteiger partial charge in [0.25, 0.3) is 5.91 Å². The van der Waals surface area contributed by atoms with Gasteiger partial charge in [-0.25, -0.2) is 4.98 Å². The van der Waals surface area contributed by atoms with Crippen LogP contribution in [0.3, 0.4) is 0 Å². The Balaban J connectivity index is 1.23. The van der Waals surface area contributed by atoms with Gasteiger partial charge in [-0.3, -0.25) is 4.79 Å². The number of nitrogens with two attached hydrogens (primary N) is 1. The zero-order valence-corrected chi connectivity index (χ0v) is 25.3. The van der Waals surface area contributed by atoms with Crippen molar-refractivity contribution in [2.75, 3.05) is 13.7 Å². The molecule has 8 heteroatoms. The van der Waals surface area contributed by atoms with Crippen molar-refractivity contribution in [2.45, 2.75) is 88.4 Å². The highest BCUT2D eigenvalue weighted by atomic mass is 16.5. The minimum absolute atomic E-state index is 0.0547. The average molecular weight is 582 g/mol. The molecule has 226 valence electrons. The van der Waals surface area contributed by atoms with Crippen molar-refractivity contribution in [1.29, 1.82) is 0 Å². The van der Waals surface area contributed by atoms with Crippen molar-refractivity contribution in [3.05, 3.63) is 47.5 Å². The Morgan fingerprint density at radius 3 is 2.56 bits per heavy atom. The first-order valence-corrected chi connectivity index (χ1v) is 16.3. The molecule has 2 aliphatic heterocycles. The van der Waals surface area contributed by atoms with E-state index >= 15 is 0 Å². The number of piperidine rings is 2. The van der Waals surface area contributed by atoms with Crippen LogP contribution in [0.4, 0.5) is 0 Å². The summed E-state index contributed by atoms with van der Waals surface area (Å²) in [6.45, 7) is 1.72. The molecule has 2 bridgehead atoms. The Labute approximate surface area is 252 Å². The SMILES string of the molecule is COc1cc(C(=O)N2C[C@H]3CC[C@@H]2C[C@@H]3N)cc2nc(-c3cc4cccc(C5CCC(O)CC5)c4n3CC3CC3)n(C)c12. The summed E-state index contributed by atoms with van der Waals surface area (Å²) in [4.78, 5) is 21.1. The first-order chi connectivity index (χ1) is 20.9. The highest BCUT2D eigenvalue weighted by Crippen LogP contribution is 2.43. The first kappa shape index (κ1) is 27.2. The van der Waals surface area contributed by atoms with E-state index in [9.17, 15) is 9.90 Å². The molecule has 3 atom stereocenters. The predicted octanol–water partition coefficient (Wildman–Crippen LogP) is 5.58. The second kappa shape index (κ2) is 10.4. The van der Waals surface area contributed by atoms with Gasteiger partial charge in [0, 0.05) is 43.2 Å². The van der Waals surface area contributed by atoms with Crippen molar-refractivity contribution in [3.63, 3.8) is 0 Å². The molecule has 3 aliphatic carbocycles. The Kier molecular flexibility index (Phi) is 6.56. The number of benzene rings is 2. The Morgan fingerprint density at radius 2 is 1.86 bits per heavy atom. The van der Waals surface area contributed by atoms with Crippen molar-refractivity contribution in [1.82, 2.24) is 19.0 Å². The fourth-order valence-corrected chi connectivity index (χ4v) is 8.39. The summed E-state index contributed by atoms with van der Waals surface area (Å²) in [5, 5.41) is 11.4. The number of aromatic nitrogens is 3. The summed E-state index contributed by atoms with van der Waals surface area (Å²) in [5.74, 6) is 3.16. The zero-order valence-electron chi connectivity index (χ0n) is 25.3. The topological polar surface area (TPSA) is 98.5 Å². The maximum atomic E-state index is 13.9. The van der Waals surface area contributed by atoms with Gasteiger partial charge in [-0.1, -0.05) is 18.2 Å². The molecule has 2 aromatic heterocycles. The standard InChI is InChI=1S/C35H43N5O3/c1-38-33-29(14-24(16-31(33)43-2)35(42)39-19-23-8-11-25(39)17-28(23)36)37-34(38)30-15-22-4-3-5-27(21-9-12-26(41)13-10-21)32(22)40(30)18-20-6-7-20/h3-5,14-16,20-21,23,25-26,28,41H,6-13,17-19,36H2,1-2H3/t21?,23-,25-,26?,28+/m1/s1. The number of rotatable bonds is 6. The molecule has 4 aromatic rings. The Bertz CT molecular complexity index is 1710. The van der Waals surface area contributed by atoms with E-state index in [-0.39, 0.29) is 24.1 Å². The van der Waals surface area contributed by atoms with Crippen LogP contribution < -0.4 is 10.5 Å². The van der Waals surface area contributed by atoms with E-state index in [2.05, 4.69) is 40.4 Å². The summed E-state index contributed by atoms with van der Waals surface area (Å²) in [5.41, 5.74) is 12.5. The molecule has 2 aromatic carbocycles. The number of fused-ring (bicyclic) bond motifs is 5. The van der Waals surface area contributed by atoms with Crippen LogP contribution >= 0.6 is 0 Å². The maximum absolute atomic E-state index is 13.9. The fraction of sp³-hybridized carbons (Fsp3) is 0.543. The zero-order chi connectivity index (χ0) is 29.4. The van der Waals surface area contributed by atoms with E-state index in [0.717, 1.165) is 80.6 Å². The minimum Gasteiger partial charge on any atom is -0.494 e. The third-order valence-electron chi connectivity index (χ3n) is 11.0. The molecular formula is C35H43N5O3. The number of aliphatic hydroxyl groups excluding tert-OH is 1. The number of amides is 1. The molecule has 9 rings (SSSR count). The minimum atomic E-state index is -0.168. The maximum Gasteiger partial charge on any atom is 0.254 e. The van der Waals surface area contributed by atoms with E-state index in [4.69, 9.17) is 15.5 Å². The number of hydrogen-bond donors (Lipinski definition) is 2. The van der Waals surface area contributed by atoms with Crippen LogP contribution in [0.15, 0.2) is 36.4 Å². The molecule has 5 aliphatic rings. The van der Waals surface area contributed by atoms with Crippen molar-refractivity contribution < 1.29 is 14.6 Å². The number of nitrogens with zero attached hydrogens (tertiary/aromatic N) is 4. The number of carbonyl (C=O) groups is 1. The van der Waals surface area contributed by atoms with Crippen LogP contribution in [-0.4, -0.2) is 61.9 Å². The lowest BCUT2D eigenvalue weighted by atomic mass is 9.76. The van der Waals surface area contributed by atoms with Crippen molar-refractivity contribution >= 4 is 27.8 Å². The summed E-state index contributed by atoms with van der Waals surface area (Å²) < 4.78 is 10.6. The highest BCUT2D eigenvalue weighted by molar-refractivity contribution is 6.00. The predicted molar refractivity (Wildman–Crippen MR) is 168 cm³/mol. The molecule has 1 amide bonds. The van der Waals surface area contributed by atoms with Crippen molar-refractivity contribution in [3.8, 4) is 17.3 Å². The van der Waals surface area contributed by atoms with Gasteiger partial charge in [0.05, 0.1) is 29.9 Å². The van der Waals surface area contributed by atoms with Gasteiger partial charge in [-0.15, -0.1) is 0 Å². The fourth-order valence-electron chi connectivity index (χ4n) is 8.39. The lowest BCUT2D eigenvalue weighted by molar-refractivity contribution is 0.0261. The second-order valence-electron chi connectivity index (χ2n) is 13.8. The Morgan fingerprint density at radius 1 is 1.05 bits per heavy atom. The molecule has 0 spiro atoms. The van der Waals surface area contributed by atoms with Crippen LogP contribution in [0.2, 0.25) is 0 Å². The number of ether oxygens (including phenoxy) is 1. The number of aryl methyl sites for hydroxylation is 1. The quantitative estimate of drug-likeness (QED) is 0.310. The summed E-state index contributed by atoms with van der Waals surface area (Å²) in [6.07, 6.45) is 9.18. The van der Waals surface area contributed by atoms with Gasteiger partial charge in [-0.05, 0) is 99.3 Å². The van der Waals surface area contributed by atoms with Gasteiger partial charge in [0.1, 0.15) is 11.3 Å². The van der Waals surface area contributed by atoms with Crippen molar-refractivity contribution in [2.24, 2.45) is 24.6 Å². The molecule has 0 radical (unpaired) electrons. The summed E-state index contributed by atoms with van der Waals surface area (Å²) in [6, 6.07) is 13.3. The van der Waals surface area contributed by atoms with Gasteiger partial charge in [-0.2, -0.15) is 0 Å². The molecule has 5 fully saturated rings. The largest absolute Gasteiger partial charge is 0.494 e. The smallest absolute Gasteiger partial charge is 0.254 e. The highest BCUT2D eigenvalue weighted by Gasteiger charge is 2.41. The molecule has 2 saturated heterocycles. The molecule has 3 saturated carbocycles. The molecule has 8 nitrogen and oxygen atoms in total. The number of imidazole rings is 1. The van der Waals surface area contributed by atoms with Crippen LogP contribution in [0.25, 0.3) is 33.5 Å². The second-order valence-corrected chi connectivity index (χ2v) is 13.8. The van der Waals surface area contributed by atoms with E-state index in [1.165, 1.54) is 29.3 Å². The van der Waals surface area contributed by atoms with Gasteiger partial charge >= 0.3 is 0 Å². The lowest BCUT2D eigenvalue weighted by Gasteiger charge is -2.48. The van der Waals surface area contributed by atoms with Crippen LogP contribution in [0, 0.1) is 11.8 Å². The van der Waals surface area contributed by atoms with Gasteiger partial charge in [0.15, 0.2) is 5.82 Å². The number of aliphatic hydroxyl groups is 1. The summed E-state index contributed by atoms with van der Waals surface area (Å²) in [7, 11) is 3.73. The van der Waals surface area contributed by atoms with Gasteiger partial charge in [0.2, 0.25) is 0 Å². The molecule has 0 unspecified atom stereocenters. The van der Waals surface area contributed by atoms with E-state index in [1.807, 2.05) is 17.0 Å². The van der Waals surface area contributed by atoms with Crippen LogP contribution in [-0.2, 0) is 13.6 Å². The number of para-hydroxylation sites is 1. The molecule has 43 heavy (non-hydrogen) atoms. The van der Waals surface area contributed by atoms with E-state index in [0.29, 0.717) is 29.1 Å². The van der Waals surface area contributed by atoms with E-state index in [1.54, 1.807) is 7.11 Å². The molecular weight excluding hydrogens is 538 g/mol. The Hall–Kier alpha value is -3.36. The molecule has 4 heterocycles. The lowest BCUT2D eigenvalue weighted by Crippen LogP contribution is -2.58. The first-order valence-electron chi connectivity index (χ1n) is 16.3. The normalized spacial score (nSPS) is 27.3. The number of methoxy groups -OCH3 is 1. The van der Waals surface area contributed by atoms with Gasteiger partial charge < -0.3 is 29.6 Å². The summed E-state index contributed by atoms with van der Waals surface area (Å²) >= 11 is 0. The molecule has 3 N–H and O–H groups in total. The van der Waals surface area contributed by atoms with Crippen LogP contribution in [0.5, 0.6) is 5.75 Å². The average Bonchev–Trinajstić information content (AvgIpc) is 3.69. The third kappa shape index (κ3) is 4.56. The van der Waals surface area contributed by atoms with Crippen LogP contribution in [0.1, 0.15) is 79.6 Å². The van der Waals surface area contributed by atoms with E-state index < -0.39 is 0 Å². The number of hydrogen-bond acceptors (Lipinski definition) is 5. The third-order valence-corrected chi connectivity index (χ3v) is 11.0. The number of carbonyl (C=O) groups excluding carboxylic acids is 1.